The van der Waals surface area contributed by atoms with Crippen LogP contribution in [0.4, 0.5) is 0 Å². The second kappa shape index (κ2) is 8.94. The van der Waals surface area contributed by atoms with Crippen molar-refractivity contribution in [3.8, 4) is 0 Å². The highest BCUT2D eigenvalue weighted by Crippen LogP contribution is 2.26. The third kappa shape index (κ3) is 8.62. The van der Waals surface area contributed by atoms with Crippen LogP contribution in [0.15, 0.2) is 0 Å². The number of rotatable bonds is 10. The summed E-state index contributed by atoms with van der Waals surface area (Å²) < 4.78 is 0. The molecule has 0 fully saturated rings. The van der Waals surface area contributed by atoms with Gasteiger partial charge >= 0.3 is 5.97 Å². The van der Waals surface area contributed by atoms with E-state index in [1.807, 2.05) is 18.7 Å². The number of hydrogen-bond acceptors (Lipinski definition) is 2. The molecule has 0 saturated heterocycles. The Balaban J connectivity index is 4.47. The quantitative estimate of drug-likeness (QED) is 0.663. The molecule has 0 unspecified atom stereocenters. The predicted molar refractivity (Wildman–Crippen MR) is 77.0 cm³/mol. The SMILES string of the molecule is CCCCN(CCCC)C(=O)CC(C)(C)CC(=O)O. The van der Waals surface area contributed by atoms with Gasteiger partial charge < -0.3 is 10.0 Å². The minimum absolute atomic E-state index is 0.0358. The Morgan fingerprint density at radius 2 is 1.47 bits per heavy atom. The fourth-order valence-corrected chi connectivity index (χ4v) is 2.05. The van der Waals surface area contributed by atoms with Crippen molar-refractivity contribution in [2.24, 2.45) is 5.41 Å². The smallest absolute Gasteiger partial charge is 0.303 e. The summed E-state index contributed by atoms with van der Waals surface area (Å²) in [6.07, 6.45) is 4.49. The molecule has 0 saturated carbocycles. The molecule has 0 spiro atoms. The van der Waals surface area contributed by atoms with Gasteiger partial charge in [0.15, 0.2) is 0 Å². The van der Waals surface area contributed by atoms with Crippen LogP contribution in [-0.2, 0) is 9.59 Å². The standard InChI is InChI=1S/C15H29NO3/c1-5-7-9-16(10-8-6-2)13(17)11-15(3,4)12-14(18)19/h5-12H2,1-4H3,(H,18,19). The summed E-state index contributed by atoms with van der Waals surface area (Å²) in [4.78, 5) is 25.0. The first-order valence-corrected chi connectivity index (χ1v) is 7.32. The lowest BCUT2D eigenvalue weighted by Gasteiger charge is -2.28. The normalized spacial score (nSPS) is 11.4. The highest BCUT2D eigenvalue weighted by Gasteiger charge is 2.27. The fraction of sp³-hybridized carbons (Fsp3) is 0.867. The van der Waals surface area contributed by atoms with Gasteiger partial charge in [-0.3, -0.25) is 9.59 Å². The van der Waals surface area contributed by atoms with E-state index in [4.69, 9.17) is 5.11 Å². The van der Waals surface area contributed by atoms with Crippen LogP contribution in [-0.4, -0.2) is 35.0 Å². The van der Waals surface area contributed by atoms with Crippen LogP contribution in [0.5, 0.6) is 0 Å². The molecular weight excluding hydrogens is 242 g/mol. The minimum Gasteiger partial charge on any atom is -0.481 e. The van der Waals surface area contributed by atoms with Crippen molar-refractivity contribution in [1.29, 1.82) is 0 Å². The van der Waals surface area contributed by atoms with Crippen molar-refractivity contribution in [3.05, 3.63) is 0 Å². The first-order chi connectivity index (χ1) is 8.82. The van der Waals surface area contributed by atoms with Crippen LogP contribution in [0.1, 0.15) is 66.2 Å². The average molecular weight is 271 g/mol. The molecule has 0 aromatic carbocycles. The summed E-state index contributed by atoms with van der Waals surface area (Å²) in [6, 6.07) is 0. The zero-order valence-electron chi connectivity index (χ0n) is 12.9. The monoisotopic (exact) mass is 271 g/mol. The Kier molecular flexibility index (Phi) is 8.44. The minimum atomic E-state index is -0.841. The van der Waals surface area contributed by atoms with E-state index in [-0.39, 0.29) is 12.3 Å². The van der Waals surface area contributed by atoms with Gasteiger partial charge in [-0.15, -0.1) is 0 Å². The Morgan fingerprint density at radius 3 is 1.84 bits per heavy atom. The van der Waals surface area contributed by atoms with Crippen LogP contribution in [0.25, 0.3) is 0 Å². The molecule has 0 rings (SSSR count). The molecule has 0 radical (unpaired) electrons. The molecule has 112 valence electrons. The molecule has 0 aliphatic heterocycles. The molecule has 0 aromatic heterocycles. The van der Waals surface area contributed by atoms with Crippen molar-refractivity contribution in [3.63, 3.8) is 0 Å². The summed E-state index contributed by atoms with van der Waals surface area (Å²) in [5.74, 6) is -0.750. The average Bonchev–Trinajstić information content (AvgIpc) is 2.26. The summed E-state index contributed by atoms with van der Waals surface area (Å²) in [5.41, 5.74) is -0.473. The van der Waals surface area contributed by atoms with Crippen molar-refractivity contribution in [1.82, 2.24) is 4.90 Å². The van der Waals surface area contributed by atoms with Crippen LogP contribution in [0.2, 0.25) is 0 Å². The van der Waals surface area contributed by atoms with Crippen molar-refractivity contribution in [2.45, 2.75) is 66.2 Å². The van der Waals surface area contributed by atoms with Gasteiger partial charge in [0.05, 0.1) is 6.42 Å². The van der Waals surface area contributed by atoms with Gasteiger partial charge in [-0.05, 0) is 18.3 Å². The third-order valence-electron chi connectivity index (χ3n) is 3.18. The van der Waals surface area contributed by atoms with E-state index >= 15 is 0 Å². The molecule has 1 N–H and O–H groups in total. The zero-order chi connectivity index (χ0) is 14.9. The summed E-state index contributed by atoms with van der Waals surface area (Å²) in [7, 11) is 0. The Hall–Kier alpha value is -1.06. The molecule has 0 heterocycles. The van der Waals surface area contributed by atoms with Crippen LogP contribution < -0.4 is 0 Å². The van der Waals surface area contributed by atoms with Crippen LogP contribution in [0.3, 0.4) is 0 Å². The molecule has 1 amide bonds. The number of hydrogen-bond donors (Lipinski definition) is 1. The van der Waals surface area contributed by atoms with Crippen LogP contribution >= 0.6 is 0 Å². The van der Waals surface area contributed by atoms with Gasteiger partial charge in [0.1, 0.15) is 0 Å². The highest BCUT2D eigenvalue weighted by molar-refractivity contribution is 5.78. The van der Waals surface area contributed by atoms with E-state index in [0.29, 0.717) is 6.42 Å². The van der Waals surface area contributed by atoms with Gasteiger partial charge in [-0.25, -0.2) is 0 Å². The van der Waals surface area contributed by atoms with E-state index in [1.54, 1.807) is 0 Å². The van der Waals surface area contributed by atoms with E-state index in [1.165, 1.54) is 0 Å². The largest absolute Gasteiger partial charge is 0.481 e. The maximum atomic E-state index is 12.3. The molecule has 0 aromatic rings. The lowest BCUT2D eigenvalue weighted by molar-refractivity contribution is -0.140. The number of carboxylic acid groups (broad SMARTS) is 1. The van der Waals surface area contributed by atoms with Crippen molar-refractivity contribution in [2.75, 3.05) is 13.1 Å². The molecule has 4 nitrogen and oxygen atoms in total. The van der Waals surface area contributed by atoms with Crippen molar-refractivity contribution < 1.29 is 14.7 Å². The van der Waals surface area contributed by atoms with Gasteiger partial charge in [0.25, 0.3) is 0 Å². The van der Waals surface area contributed by atoms with E-state index in [0.717, 1.165) is 38.8 Å². The molecule has 0 atom stereocenters. The summed E-state index contributed by atoms with van der Waals surface area (Å²) in [6.45, 7) is 9.48. The van der Waals surface area contributed by atoms with E-state index in [2.05, 4.69) is 13.8 Å². The fourth-order valence-electron chi connectivity index (χ4n) is 2.05. The summed E-state index contributed by atoms with van der Waals surface area (Å²) >= 11 is 0. The number of carbonyl (C=O) groups excluding carboxylic acids is 1. The number of carbonyl (C=O) groups is 2. The second-order valence-corrected chi connectivity index (χ2v) is 6.00. The lowest BCUT2D eigenvalue weighted by Crippen LogP contribution is -2.36. The van der Waals surface area contributed by atoms with E-state index < -0.39 is 11.4 Å². The van der Waals surface area contributed by atoms with Gasteiger partial charge in [0, 0.05) is 19.5 Å². The number of nitrogens with zero attached hydrogens (tertiary/aromatic N) is 1. The highest BCUT2D eigenvalue weighted by atomic mass is 16.4. The second-order valence-electron chi connectivity index (χ2n) is 6.00. The third-order valence-corrected chi connectivity index (χ3v) is 3.18. The maximum Gasteiger partial charge on any atom is 0.303 e. The first-order valence-electron chi connectivity index (χ1n) is 7.32. The number of unbranched alkanes of at least 4 members (excludes halogenated alkanes) is 2. The van der Waals surface area contributed by atoms with Crippen LogP contribution in [0, 0.1) is 5.41 Å². The predicted octanol–water partition coefficient (Wildman–Crippen LogP) is 3.31. The number of aliphatic carboxylic acids is 1. The van der Waals surface area contributed by atoms with E-state index in [9.17, 15) is 9.59 Å². The van der Waals surface area contributed by atoms with Crippen molar-refractivity contribution >= 4 is 11.9 Å². The Labute approximate surface area is 117 Å². The number of amides is 1. The molecule has 19 heavy (non-hydrogen) atoms. The molecule has 0 bridgehead atoms. The van der Waals surface area contributed by atoms with Gasteiger partial charge in [-0.2, -0.15) is 0 Å². The maximum absolute atomic E-state index is 12.3. The first kappa shape index (κ1) is 17.9. The molecular formula is C15H29NO3. The molecule has 0 aliphatic rings. The molecule has 4 heteroatoms. The molecule has 0 aliphatic carbocycles. The van der Waals surface area contributed by atoms with Gasteiger partial charge in [-0.1, -0.05) is 40.5 Å². The topological polar surface area (TPSA) is 57.6 Å². The number of carboxylic acids is 1. The lowest BCUT2D eigenvalue weighted by atomic mass is 9.85. The Bertz CT molecular complexity index is 279. The Morgan fingerprint density at radius 1 is 1.00 bits per heavy atom. The summed E-state index contributed by atoms with van der Waals surface area (Å²) in [5, 5.41) is 8.86. The zero-order valence-corrected chi connectivity index (χ0v) is 12.9. The van der Waals surface area contributed by atoms with Gasteiger partial charge in [0.2, 0.25) is 5.91 Å².